The lowest BCUT2D eigenvalue weighted by Crippen LogP contribution is -2.55. The van der Waals surface area contributed by atoms with Crippen LogP contribution in [0.5, 0.6) is 0 Å². The summed E-state index contributed by atoms with van der Waals surface area (Å²) in [5, 5.41) is 9.11. The molecule has 2 aliphatic carbocycles. The van der Waals surface area contributed by atoms with Crippen LogP contribution in [0.2, 0.25) is 0 Å². The van der Waals surface area contributed by atoms with Crippen LogP contribution in [-0.2, 0) is 9.53 Å². The largest absolute Gasteiger partial charge is 0.459 e. The van der Waals surface area contributed by atoms with E-state index in [0.717, 1.165) is 0 Å². The van der Waals surface area contributed by atoms with Crippen molar-refractivity contribution in [2.24, 2.45) is 34.5 Å². The van der Waals surface area contributed by atoms with E-state index in [-0.39, 0.29) is 6.42 Å². The summed E-state index contributed by atoms with van der Waals surface area (Å²) in [4.78, 5) is 12.7. The minimum absolute atomic E-state index is 0.00392. The second-order valence-corrected chi connectivity index (χ2v) is 9.45. The number of esters is 1. The van der Waals surface area contributed by atoms with E-state index in [1.54, 1.807) is 6.92 Å². The normalized spacial score (nSPS) is 35.4. The first-order chi connectivity index (χ1) is 12.4. The molecule has 0 aromatic carbocycles. The smallest absolute Gasteiger partial charge is 0.406 e. The van der Waals surface area contributed by atoms with Crippen molar-refractivity contribution in [1.29, 1.82) is 5.26 Å². The summed E-state index contributed by atoms with van der Waals surface area (Å²) in [6, 6.07) is 1.24. The van der Waals surface area contributed by atoms with E-state index in [2.05, 4.69) is 0 Å². The number of rotatable bonds is 3. The van der Waals surface area contributed by atoms with Crippen LogP contribution < -0.4 is 0 Å². The number of carbonyl (C=O) groups excluding carboxylic acids is 1. The van der Waals surface area contributed by atoms with Crippen molar-refractivity contribution < 1.29 is 35.9 Å². The van der Waals surface area contributed by atoms with Gasteiger partial charge in [0.05, 0.1) is 6.07 Å². The Bertz CT molecular complexity index is 674. The highest BCUT2D eigenvalue weighted by Crippen LogP contribution is 2.68. The first-order valence-corrected chi connectivity index (χ1v) is 9.18. The van der Waals surface area contributed by atoms with Crippen LogP contribution in [0.3, 0.4) is 0 Å². The molecule has 0 aliphatic heterocycles. The van der Waals surface area contributed by atoms with Crippen molar-refractivity contribution in [1.82, 2.24) is 0 Å². The topological polar surface area (TPSA) is 50.1 Å². The molecule has 0 amide bonds. The maximum Gasteiger partial charge on any atom is 0.406 e. The molecular weight excluding hydrogens is 388 g/mol. The van der Waals surface area contributed by atoms with Crippen molar-refractivity contribution in [3.8, 4) is 6.07 Å². The Labute approximate surface area is 160 Å². The predicted octanol–water partition coefficient (Wildman–Crippen LogP) is 5.65. The summed E-state index contributed by atoms with van der Waals surface area (Å²) in [6.07, 6.45) is -11.1. The first-order valence-electron chi connectivity index (χ1n) is 9.18. The molecule has 2 fully saturated rings. The molecule has 28 heavy (non-hydrogen) atoms. The summed E-state index contributed by atoms with van der Waals surface area (Å²) in [6.45, 7) is 6.64. The molecular formula is C19H25F6NO2. The average Bonchev–Trinajstić information content (AvgIpc) is 3.01. The SMILES string of the molecule is CC1C2CC(C1CC(C)(C#N)C(F)(F)F)C(C(=O)OC(C)(C)C)(C(F)(F)F)C2. The van der Waals surface area contributed by atoms with E-state index >= 15 is 0 Å². The maximum atomic E-state index is 14.2. The number of halogens is 6. The molecule has 6 atom stereocenters. The van der Waals surface area contributed by atoms with Gasteiger partial charge in [0.1, 0.15) is 11.0 Å². The van der Waals surface area contributed by atoms with Gasteiger partial charge in [0.2, 0.25) is 0 Å². The number of ether oxygens (including phenoxy) is 1. The molecule has 0 radical (unpaired) electrons. The zero-order valence-corrected chi connectivity index (χ0v) is 16.5. The second-order valence-electron chi connectivity index (χ2n) is 9.45. The summed E-state index contributed by atoms with van der Waals surface area (Å²) in [7, 11) is 0. The number of alkyl halides is 6. The first kappa shape index (κ1) is 22.8. The molecule has 0 heterocycles. The molecule has 2 rings (SSSR count). The van der Waals surface area contributed by atoms with E-state index < -0.39 is 71.3 Å². The van der Waals surface area contributed by atoms with Gasteiger partial charge < -0.3 is 4.74 Å². The lowest BCUT2D eigenvalue weighted by Gasteiger charge is -2.45. The lowest BCUT2D eigenvalue weighted by molar-refractivity contribution is -0.262. The highest BCUT2D eigenvalue weighted by atomic mass is 19.4. The molecule has 3 nitrogen and oxygen atoms in total. The van der Waals surface area contributed by atoms with Gasteiger partial charge in [-0.1, -0.05) is 6.92 Å². The molecule has 2 saturated carbocycles. The quantitative estimate of drug-likeness (QED) is 0.444. The minimum Gasteiger partial charge on any atom is -0.459 e. The standard InChI is InChI=1S/C19H25F6NO2/c1-10-11-6-13(12(10)8-16(5,9-26)18(20,21)22)17(7-11,19(23,24)25)14(27)28-15(2,3)4/h10-13H,6-8H2,1-5H3. The molecule has 2 bridgehead atoms. The Kier molecular flexibility index (Phi) is 5.32. The Balaban J connectivity index is 2.48. The summed E-state index contributed by atoms with van der Waals surface area (Å²) < 4.78 is 87.7. The third-order valence-electron chi connectivity index (χ3n) is 6.49. The van der Waals surface area contributed by atoms with Gasteiger partial charge in [0, 0.05) is 0 Å². The predicted molar refractivity (Wildman–Crippen MR) is 87.6 cm³/mol. The Morgan fingerprint density at radius 2 is 1.68 bits per heavy atom. The van der Waals surface area contributed by atoms with Crippen LogP contribution >= 0.6 is 0 Å². The van der Waals surface area contributed by atoms with Crippen LogP contribution in [0.15, 0.2) is 0 Å². The molecule has 0 saturated heterocycles. The zero-order chi connectivity index (χ0) is 21.9. The molecule has 0 aromatic heterocycles. The molecule has 0 spiro atoms. The van der Waals surface area contributed by atoms with E-state index in [1.165, 1.54) is 26.8 Å². The van der Waals surface area contributed by atoms with Crippen LogP contribution in [0, 0.1) is 45.8 Å². The van der Waals surface area contributed by atoms with E-state index in [4.69, 9.17) is 10.00 Å². The van der Waals surface area contributed by atoms with E-state index in [9.17, 15) is 31.1 Å². The van der Waals surface area contributed by atoms with Crippen molar-refractivity contribution in [2.75, 3.05) is 0 Å². The number of hydrogen-bond acceptors (Lipinski definition) is 3. The minimum atomic E-state index is -4.95. The van der Waals surface area contributed by atoms with Gasteiger partial charge in [-0.3, -0.25) is 4.79 Å². The van der Waals surface area contributed by atoms with Crippen molar-refractivity contribution in [3.05, 3.63) is 0 Å². The molecule has 0 aromatic rings. The fourth-order valence-electron chi connectivity index (χ4n) is 4.90. The maximum absolute atomic E-state index is 14.2. The zero-order valence-electron chi connectivity index (χ0n) is 16.5. The van der Waals surface area contributed by atoms with Gasteiger partial charge in [-0.2, -0.15) is 31.6 Å². The van der Waals surface area contributed by atoms with Crippen molar-refractivity contribution in [2.45, 2.75) is 71.8 Å². The summed E-state index contributed by atoms with van der Waals surface area (Å²) in [5.74, 6) is -4.81. The van der Waals surface area contributed by atoms with Gasteiger partial charge in [0.15, 0.2) is 5.41 Å². The van der Waals surface area contributed by atoms with E-state index in [0.29, 0.717) is 6.92 Å². The third kappa shape index (κ3) is 3.48. The number of carbonyl (C=O) groups is 1. The molecule has 2 aliphatic rings. The number of nitriles is 1. The van der Waals surface area contributed by atoms with E-state index in [1.807, 2.05) is 0 Å². The lowest BCUT2D eigenvalue weighted by atomic mass is 9.61. The van der Waals surface area contributed by atoms with Gasteiger partial charge in [0.25, 0.3) is 0 Å². The monoisotopic (exact) mass is 413 g/mol. The Morgan fingerprint density at radius 3 is 2.04 bits per heavy atom. The Hall–Kier alpha value is -1.46. The number of hydrogen-bond donors (Lipinski definition) is 0. The molecule has 160 valence electrons. The highest BCUT2D eigenvalue weighted by molar-refractivity contribution is 5.79. The van der Waals surface area contributed by atoms with Crippen LogP contribution in [0.25, 0.3) is 0 Å². The summed E-state index contributed by atoms with van der Waals surface area (Å²) in [5.41, 5.74) is -6.77. The van der Waals surface area contributed by atoms with Crippen LogP contribution in [-0.4, -0.2) is 23.9 Å². The number of fused-ring (bicyclic) bond motifs is 2. The van der Waals surface area contributed by atoms with Gasteiger partial charge in [-0.05, 0) is 70.6 Å². The summed E-state index contributed by atoms with van der Waals surface area (Å²) >= 11 is 0. The van der Waals surface area contributed by atoms with Gasteiger partial charge in [-0.15, -0.1) is 0 Å². The molecule has 9 heteroatoms. The van der Waals surface area contributed by atoms with Crippen LogP contribution in [0.4, 0.5) is 26.3 Å². The molecule has 0 N–H and O–H groups in total. The van der Waals surface area contributed by atoms with Crippen LogP contribution in [0.1, 0.15) is 53.9 Å². The third-order valence-corrected chi connectivity index (χ3v) is 6.49. The highest BCUT2D eigenvalue weighted by Gasteiger charge is 2.75. The second kappa shape index (κ2) is 6.53. The fraction of sp³-hybridized carbons (Fsp3) is 0.895. The van der Waals surface area contributed by atoms with Gasteiger partial charge >= 0.3 is 18.3 Å². The van der Waals surface area contributed by atoms with Gasteiger partial charge in [-0.25, -0.2) is 0 Å². The molecule has 6 unspecified atom stereocenters. The van der Waals surface area contributed by atoms with Crippen molar-refractivity contribution in [3.63, 3.8) is 0 Å². The average molecular weight is 413 g/mol. The Morgan fingerprint density at radius 1 is 1.14 bits per heavy atom. The number of nitrogens with zero attached hydrogens (tertiary/aromatic N) is 1. The van der Waals surface area contributed by atoms with Crippen molar-refractivity contribution >= 4 is 5.97 Å². The fourth-order valence-corrected chi connectivity index (χ4v) is 4.90.